The summed E-state index contributed by atoms with van der Waals surface area (Å²) in [6, 6.07) is 11.2. The molecule has 3 rings (SSSR count). The Kier molecular flexibility index (Phi) is 6.67. The van der Waals surface area contributed by atoms with E-state index in [2.05, 4.69) is 5.32 Å². The Balaban J connectivity index is 1.88. The van der Waals surface area contributed by atoms with Crippen LogP contribution in [0.4, 0.5) is 5.69 Å². The molecule has 1 atom stereocenters. The van der Waals surface area contributed by atoms with Gasteiger partial charge in [-0.05, 0) is 48.2 Å². The molecule has 0 radical (unpaired) electrons. The monoisotopic (exact) mass is 450 g/mol. The number of anilines is 1. The molecule has 1 N–H and O–H groups in total. The molecule has 160 valence electrons. The lowest BCUT2D eigenvalue weighted by atomic mass is 9.99. The molecular formula is C21H23ClN2O5S. The van der Waals surface area contributed by atoms with Crippen molar-refractivity contribution < 1.29 is 22.7 Å². The Hall–Kier alpha value is -2.58. The third kappa shape index (κ3) is 4.94. The molecule has 1 heterocycles. The van der Waals surface area contributed by atoms with Crippen molar-refractivity contribution in [3.63, 3.8) is 0 Å². The van der Waals surface area contributed by atoms with Crippen LogP contribution in [0, 0.1) is 0 Å². The number of nitrogens with zero attached hydrogens (tertiary/aromatic N) is 1. The molecule has 1 aliphatic heterocycles. The van der Waals surface area contributed by atoms with Gasteiger partial charge in [0.1, 0.15) is 0 Å². The first-order valence-electron chi connectivity index (χ1n) is 9.43. The summed E-state index contributed by atoms with van der Waals surface area (Å²) in [7, 11) is -2.10. The zero-order valence-corrected chi connectivity index (χ0v) is 18.3. The Labute approximate surface area is 181 Å². The van der Waals surface area contributed by atoms with Gasteiger partial charge in [-0.2, -0.15) is 0 Å². The van der Waals surface area contributed by atoms with Gasteiger partial charge in [0.15, 0.2) is 0 Å². The molecule has 0 bridgehead atoms. The second-order valence-corrected chi connectivity index (χ2v) is 9.42. The number of carbonyl (C=O) groups excluding carboxylic acids is 2. The normalized spacial score (nSPS) is 14.6. The van der Waals surface area contributed by atoms with Crippen LogP contribution in [-0.4, -0.2) is 40.2 Å². The van der Waals surface area contributed by atoms with Gasteiger partial charge < -0.3 is 10.1 Å². The molecule has 0 aromatic heterocycles. The Morgan fingerprint density at radius 2 is 1.97 bits per heavy atom. The molecule has 0 aliphatic carbocycles. The molecule has 1 aliphatic rings. The van der Waals surface area contributed by atoms with E-state index in [9.17, 15) is 18.0 Å². The number of fused-ring (bicyclic) bond motifs is 1. The maximum absolute atomic E-state index is 12.9. The maximum Gasteiger partial charge on any atom is 0.307 e. The first kappa shape index (κ1) is 22.1. The van der Waals surface area contributed by atoms with Crippen LogP contribution in [0.3, 0.4) is 0 Å². The van der Waals surface area contributed by atoms with Gasteiger partial charge in [0.25, 0.3) is 5.91 Å². The number of methoxy groups -OCH3 is 1. The van der Waals surface area contributed by atoms with Crippen LogP contribution in [-0.2, 0) is 26.0 Å². The lowest BCUT2D eigenvalue weighted by Crippen LogP contribution is -2.35. The molecular weight excluding hydrogens is 428 g/mol. The third-order valence-corrected chi connectivity index (χ3v) is 6.53. The molecule has 1 amide bonds. The van der Waals surface area contributed by atoms with Crippen LogP contribution in [0.5, 0.6) is 0 Å². The molecule has 0 spiro atoms. The summed E-state index contributed by atoms with van der Waals surface area (Å²) in [6.45, 7) is 0.422. The highest BCUT2D eigenvalue weighted by molar-refractivity contribution is 7.92. The van der Waals surface area contributed by atoms with Gasteiger partial charge in [-0.25, -0.2) is 8.42 Å². The smallest absolute Gasteiger partial charge is 0.307 e. The highest BCUT2D eigenvalue weighted by Gasteiger charge is 2.26. The second kappa shape index (κ2) is 9.06. The summed E-state index contributed by atoms with van der Waals surface area (Å²) >= 11 is 6.26. The predicted molar refractivity (Wildman–Crippen MR) is 115 cm³/mol. The van der Waals surface area contributed by atoms with Crippen molar-refractivity contribution >= 4 is 39.2 Å². The Morgan fingerprint density at radius 1 is 1.23 bits per heavy atom. The number of rotatable bonds is 6. The number of ether oxygens (including phenoxy) is 1. The summed E-state index contributed by atoms with van der Waals surface area (Å²) in [5.74, 6) is -0.863. The van der Waals surface area contributed by atoms with Gasteiger partial charge in [-0.3, -0.25) is 13.9 Å². The van der Waals surface area contributed by atoms with Crippen LogP contribution in [0.15, 0.2) is 42.5 Å². The van der Waals surface area contributed by atoms with Crippen molar-refractivity contribution in [1.82, 2.24) is 5.32 Å². The number of carbonyl (C=O) groups is 2. The maximum atomic E-state index is 12.9. The highest BCUT2D eigenvalue weighted by atomic mass is 35.5. The largest absolute Gasteiger partial charge is 0.469 e. The van der Waals surface area contributed by atoms with Crippen molar-refractivity contribution in [1.29, 1.82) is 0 Å². The number of sulfonamides is 1. The van der Waals surface area contributed by atoms with Crippen molar-refractivity contribution in [2.75, 3.05) is 24.2 Å². The van der Waals surface area contributed by atoms with Gasteiger partial charge in [-0.1, -0.05) is 29.8 Å². The van der Waals surface area contributed by atoms with E-state index in [1.165, 1.54) is 17.7 Å². The molecule has 7 nitrogen and oxygen atoms in total. The van der Waals surface area contributed by atoms with E-state index in [4.69, 9.17) is 16.3 Å². The molecule has 0 saturated heterocycles. The zero-order valence-electron chi connectivity index (χ0n) is 16.7. The van der Waals surface area contributed by atoms with E-state index in [0.29, 0.717) is 41.2 Å². The minimum absolute atomic E-state index is 0.0707. The van der Waals surface area contributed by atoms with Gasteiger partial charge >= 0.3 is 5.97 Å². The third-order valence-electron chi connectivity index (χ3n) is 5.00. The average molecular weight is 451 g/mol. The van der Waals surface area contributed by atoms with Crippen LogP contribution >= 0.6 is 11.6 Å². The van der Waals surface area contributed by atoms with Gasteiger partial charge in [-0.15, -0.1) is 0 Å². The number of esters is 1. The number of halogens is 1. The fraction of sp³-hybridized carbons (Fsp3) is 0.333. The van der Waals surface area contributed by atoms with Gasteiger partial charge in [0.2, 0.25) is 10.0 Å². The minimum Gasteiger partial charge on any atom is -0.469 e. The average Bonchev–Trinajstić information content (AvgIpc) is 2.71. The zero-order chi connectivity index (χ0) is 21.9. The number of aryl methyl sites for hydroxylation is 1. The summed E-state index contributed by atoms with van der Waals surface area (Å²) in [4.78, 5) is 24.8. The predicted octanol–water partition coefficient (Wildman–Crippen LogP) is 3.09. The SMILES string of the molecule is COC(=O)CC(NC(=O)c1ccc2c(c1)CCCN2S(C)(=O)=O)c1ccccc1Cl. The fourth-order valence-electron chi connectivity index (χ4n) is 3.54. The van der Waals surface area contributed by atoms with Gasteiger partial charge in [0.05, 0.1) is 31.5 Å². The van der Waals surface area contributed by atoms with Crippen LogP contribution in [0.25, 0.3) is 0 Å². The number of amides is 1. The van der Waals surface area contributed by atoms with Crippen LogP contribution in [0.1, 0.15) is 40.4 Å². The quantitative estimate of drug-likeness (QED) is 0.682. The van der Waals surface area contributed by atoms with Crippen molar-refractivity contribution in [2.24, 2.45) is 0 Å². The van der Waals surface area contributed by atoms with E-state index >= 15 is 0 Å². The van der Waals surface area contributed by atoms with Crippen molar-refractivity contribution in [2.45, 2.75) is 25.3 Å². The number of hydrogen-bond acceptors (Lipinski definition) is 5. The molecule has 0 fully saturated rings. The standard InChI is InChI=1S/C21H23ClN2O5S/c1-29-20(25)13-18(16-7-3-4-8-17(16)22)23-21(26)15-9-10-19-14(12-15)6-5-11-24(19)30(2,27)28/h3-4,7-10,12,18H,5-6,11,13H2,1-2H3,(H,23,26). The summed E-state index contributed by atoms with van der Waals surface area (Å²) in [5, 5.41) is 3.28. The molecule has 1 unspecified atom stereocenters. The van der Waals surface area contributed by atoms with E-state index < -0.39 is 22.0 Å². The molecule has 9 heteroatoms. The van der Waals surface area contributed by atoms with Gasteiger partial charge in [0, 0.05) is 17.1 Å². The fourth-order valence-corrected chi connectivity index (χ4v) is 4.80. The molecule has 0 saturated carbocycles. The second-order valence-electron chi connectivity index (χ2n) is 7.11. The summed E-state index contributed by atoms with van der Waals surface area (Å²) in [5.41, 5.74) is 2.38. The Bertz CT molecular complexity index is 1070. The Morgan fingerprint density at radius 3 is 2.63 bits per heavy atom. The summed E-state index contributed by atoms with van der Waals surface area (Å²) < 4.78 is 30.2. The minimum atomic E-state index is -3.38. The van der Waals surface area contributed by atoms with Crippen LogP contribution < -0.4 is 9.62 Å². The van der Waals surface area contributed by atoms with Crippen molar-refractivity contribution in [3.05, 3.63) is 64.2 Å². The summed E-state index contributed by atoms with van der Waals surface area (Å²) in [6.07, 6.45) is 2.46. The lowest BCUT2D eigenvalue weighted by Gasteiger charge is -2.29. The highest BCUT2D eigenvalue weighted by Crippen LogP contribution is 2.31. The first-order valence-corrected chi connectivity index (χ1v) is 11.7. The van der Waals surface area contributed by atoms with E-state index in [0.717, 1.165) is 5.56 Å². The number of hydrogen-bond donors (Lipinski definition) is 1. The first-order chi connectivity index (χ1) is 14.2. The molecule has 30 heavy (non-hydrogen) atoms. The molecule has 2 aromatic rings. The van der Waals surface area contributed by atoms with E-state index in [-0.39, 0.29) is 12.3 Å². The van der Waals surface area contributed by atoms with E-state index in [1.54, 1.807) is 42.5 Å². The lowest BCUT2D eigenvalue weighted by molar-refractivity contribution is -0.141. The van der Waals surface area contributed by atoms with Crippen molar-refractivity contribution in [3.8, 4) is 0 Å². The number of benzene rings is 2. The van der Waals surface area contributed by atoms with E-state index in [1.807, 2.05) is 0 Å². The topological polar surface area (TPSA) is 92.8 Å². The number of nitrogens with one attached hydrogen (secondary N) is 1. The molecule has 2 aromatic carbocycles. The van der Waals surface area contributed by atoms with Crippen LogP contribution in [0.2, 0.25) is 5.02 Å².